The van der Waals surface area contributed by atoms with Gasteiger partial charge in [0.15, 0.2) is 0 Å². The Morgan fingerprint density at radius 2 is 1.85 bits per heavy atom. The molecule has 0 saturated carbocycles. The average Bonchev–Trinajstić information content (AvgIpc) is 2.96. The first-order valence-electron chi connectivity index (χ1n) is 8.80. The van der Waals surface area contributed by atoms with Crippen molar-refractivity contribution in [1.29, 1.82) is 0 Å². The van der Waals surface area contributed by atoms with Crippen LogP contribution in [0.4, 0.5) is 5.69 Å². The van der Waals surface area contributed by atoms with Crippen LogP contribution < -0.4 is 10.6 Å². The molecule has 1 aliphatic rings. The first-order valence-corrected chi connectivity index (χ1v) is 8.80. The van der Waals surface area contributed by atoms with Crippen molar-refractivity contribution in [3.8, 4) is 0 Å². The number of carbonyl (C=O) groups excluding carboxylic acids is 2. The minimum absolute atomic E-state index is 0.0184. The van der Waals surface area contributed by atoms with E-state index in [1.54, 1.807) is 4.90 Å². The SMILES string of the molecule is Cc1cc2ccccc2n1CC(=O)N1CCC(C(N)=O)c2ccccc21. The Kier molecular flexibility index (Phi) is 3.99. The van der Waals surface area contributed by atoms with Gasteiger partial charge in [-0.15, -0.1) is 0 Å². The number of aryl methyl sites for hydroxylation is 1. The fourth-order valence-electron chi connectivity index (χ4n) is 3.90. The van der Waals surface area contributed by atoms with Gasteiger partial charge in [0.1, 0.15) is 6.54 Å². The van der Waals surface area contributed by atoms with Gasteiger partial charge < -0.3 is 15.2 Å². The molecule has 0 radical (unpaired) electrons. The molecule has 1 atom stereocenters. The zero-order valence-corrected chi connectivity index (χ0v) is 14.7. The van der Waals surface area contributed by atoms with Crippen molar-refractivity contribution in [2.75, 3.05) is 11.4 Å². The summed E-state index contributed by atoms with van der Waals surface area (Å²) in [5.74, 6) is -0.647. The maximum absolute atomic E-state index is 13.1. The Bertz CT molecular complexity index is 1010. The standard InChI is InChI=1S/C21H21N3O2/c1-14-12-15-6-2-4-8-18(15)24(14)13-20(25)23-11-10-17(21(22)26)16-7-3-5-9-19(16)23/h2-9,12,17H,10-11,13H2,1H3,(H2,22,26). The van der Waals surface area contributed by atoms with Crippen LogP contribution >= 0.6 is 0 Å². The van der Waals surface area contributed by atoms with E-state index in [-0.39, 0.29) is 24.3 Å². The first kappa shape index (κ1) is 16.4. The Morgan fingerprint density at radius 3 is 2.65 bits per heavy atom. The maximum atomic E-state index is 13.1. The van der Waals surface area contributed by atoms with Gasteiger partial charge in [0, 0.05) is 23.4 Å². The van der Waals surface area contributed by atoms with Crippen LogP contribution in [0, 0.1) is 6.92 Å². The summed E-state index contributed by atoms with van der Waals surface area (Å²) < 4.78 is 2.04. The average molecular weight is 347 g/mol. The molecule has 4 rings (SSSR count). The number of fused-ring (bicyclic) bond motifs is 2. The van der Waals surface area contributed by atoms with Gasteiger partial charge in [-0.05, 0) is 42.5 Å². The van der Waals surface area contributed by atoms with Gasteiger partial charge >= 0.3 is 0 Å². The summed E-state index contributed by atoms with van der Waals surface area (Å²) in [5.41, 5.74) is 9.29. The van der Waals surface area contributed by atoms with Gasteiger partial charge in [-0.1, -0.05) is 36.4 Å². The van der Waals surface area contributed by atoms with Gasteiger partial charge in [0.2, 0.25) is 11.8 Å². The number of aromatic nitrogens is 1. The quantitative estimate of drug-likeness (QED) is 0.791. The third-order valence-corrected chi connectivity index (χ3v) is 5.20. The van der Waals surface area contributed by atoms with Crippen molar-refractivity contribution in [2.24, 2.45) is 5.73 Å². The molecule has 0 aliphatic carbocycles. The summed E-state index contributed by atoms with van der Waals surface area (Å²) in [7, 11) is 0. The number of anilines is 1. The third kappa shape index (κ3) is 2.65. The molecule has 2 amide bonds. The summed E-state index contributed by atoms with van der Waals surface area (Å²) in [6.45, 7) is 2.79. The number of nitrogens with zero attached hydrogens (tertiary/aromatic N) is 2. The highest BCUT2D eigenvalue weighted by Gasteiger charge is 2.31. The van der Waals surface area contributed by atoms with Crippen LogP contribution in [0.5, 0.6) is 0 Å². The molecular weight excluding hydrogens is 326 g/mol. The second kappa shape index (κ2) is 6.33. The minimum Gasteiger partial charge on any atom is -0.369 e. The van der Waals surface area contributed by atoms with E-state index in [1.807, 2.05) is 54.0 Å². The lowest BCUT2D eigenvalue weighted by molar-refractivity contribution is -0.121. The van der Waals surface area contributed by atoms with Crippen LogP contribution in [0.2, 0.25) is 0 Å². The topological polar surface area (TPSA) is 68.3 Å². The van der Waals surface area contributed by atoms with Crippen LogP contribution in [-0.4, -0.2) is 22.9 Å². The van der Waals surface area contributed by atoms with Crippen LogP contribution in [0.15, 0.2) is 54.6 Å². The van der Waals surface area contributed by atoms with Crippen LogP contribution in [0.25, 0.3) is 10.9 Å². The summed E-state index contributed by atoms with van der Waals surface area (Å²) in [6.07, 6.45) is 0.559. The predicted molar refractivity (Wildman–Crippen MR) is 102 cm³/mol. The summed E-state index contributed by atoms with van der Waals surface area (Å²) in [4.78, 5) is 26.6. The molecule has 1 aliphatic heterocycles. The Hall–Kier alpha value is -3.08. The molecule has 2 aromatic carbocycles. The molecule has 1 aromatic heterocycles. The normalized spacial score (nSPS) is 16.5. The Morgan fingerprint density at radius 1 is 1.12 bits per heavy atom. The molecule has 0 bridgehead atoms. The van der Waals surface area contributed by atoms with Crippen molar-refractivity contribution in [3.63, 3.8) is 0 Å². The van der Waals surface area contributed by atoms with E-state index in [2.05, 4.69) is 12.1 Å². The fourth-order valence-corrected chi connectivity index (χ4v) is 3.90. The minimum atomic E-state index is -0.336. The molecule has 2 heterocycles. The van der Waals surface area contributed by atoms with Gasteiger partial charge in [-0.25, -0.2) is 0 Å². The molecule has 0 fully saturated rings. The van der Waals surface area contributed by atoms with Crippen molar-refractivity contribution in [2.45, 2.75) is 25.8 Å². The molecule has 5 nitrogen and oxygen atoms in total. The van der Waals surface area contributed by atoms with E-state index in [0.29, 0.717) is 13.0 Å². The van der Waals surface area contributed by atoms with Gasteiger partial charge in [0.05, 0.1) is 5.92 Å². The lowest BCUT2D eigenvalue weighted by atomic mass is 9.89. The number of hydrogen-bond acceptors (Lipinski definition) is 2. The van der Waals surface area contributed by atoms with E-state index >= 15 is 0 Å². The molecule has 3 aromatic rings. The summed E-state index contributed by atoms with van der Waals surface area (Å²) >= 11 is 0. The molecule has 0 spiro atoms. The number of primary amides is 1. The zero-order chi connectivity index (χ0) is 18.3. The molecule has 1 unspecified atom stereocenters. The maximum Gasteiger partial charge on any atom is 0.246 e. The van der Waals surface area contributed by atoms with Crippen LogP contribution in [-0.2, 0) is 16.1 Å². The van der Waals surface area contributed by atoms with E-state index < -0.39 is 0 Å². The number of benzene rings is 2. The van der Waals surface area contributed by atoms with E-state index in [4.69, 9.17) is 5.73 Å². The third-order valence-electron chi connectivity index (χ3n) is 5.20. The van der Waals surface area contributed by atoms with E-state index in [1.165, 1.54) is 0 Å². The molecular formula is C21H21N3O2. The molecule has 132 valence electrons. The number of para-hydroxylation sites is 2. The number of rotatable bonds is 3. The smallest absolute Gasteiger partial charge is 0.246 e. The predicted octanol–water partition coefficient (Wildman–Crippen LogP) is 2.96. The van der Waals surface area contributed by atoms with Crippen molar-refractivity contribution in [3.05, 3.63) is 65.9 Å². The van der Waals surface area contributed by atoms with Gasteiger partial charge in [-0.3, -0.25) is 9.59 Å². The number of amides is 2. The summed E-state index contributed by atoms with van der Waals surface area (Å²) in [5, 5.41) is 1.13. The highest BCUT2D eigenvalue weighted by molar-refractivity contribution is 5.97. The number of carbonyl (C=O) groups is 2. The van der Waals surface area contributed by atoms with Gasteiger partial charge in [-0.2, -0.15) is 0 Å². The largest absolute Gasteiger partial charge is 0.369 e. The number of nitrogens with two attached hydrogens (primary N) is 1. The van der Waals surface area contributed by atoms with Crippen molar-refractivity contribution in [1.82, 2.24) is 4.57 Å². The van der Waals surface area contributed by atoms with Crippen LogP contribution in [0.3, 0.4) is 0 Å². The lowest BCUT2D eigenvalue weighted by Crippen LogP contribution is -2.41. The van der Waals surface area contributed by atoms with E-state index in [0.717, 1.165) is 27.8 Å². The highest BCUT2D eigenvalue weighted by atomic mass is 16.2. The second-order valence-electron chi connectivity index (χ2n) is 6.78. The molecule has 2 N–H and O–H groups in total. The van der Waals surface area contributed by atoms with Gasteiger partial charge in [0.25, 0.3) is 0 Å². The lowest BCUT2D eigenvalue weighted by Gasteiger charge is -2.33. The monoisotopic (exact) mass is 347 g/mol. The van der Waals surface area contributed by atoms with E-state index in [9.17, 15) is 9.59 Å². The first-order chi connectivity index (χ1) is 12.6. The second-order valence-corrected chi connectivity index (χ2v) is 6.78. The van der Waals surface area contributed by atoms with Crippen molar-refractivity contribution >= 4 is 28.4 Å². The Labute approximate surface area is 152 Å². The van der Waals surface area contributed by atoms with Crippen LogP contribution in [0.1, 0.15) is 23.6 Å². The Balaban J connectivity index is 1.67. The zero-order valence-electron chi connectivity index (χ0n) is 14.7. The fraction of sp³-hybridized carbons (Fsp3) is 0.238. The molecule has 26 heavy (non-hydrogen) atoms. The van der Waals surface area contributed by atoms with Crippen molar-refractivity contribution < 1.29 is 9.59 Å². The number of hydrogen-bond donors (Lipinski definition) is 1. The molecule has 0 saturated heterocycles. The summed E-state index contributed by atoms with van der Waals surface area (Å²) in [6, 6.07) is 17.7. The molecule has 5 heteroatoms. The highest BCUT2D eigenvalue weighted by Crippen LogP contribution is 2.35.